The average Bonchev–Trinajstić information content (AvgIpc) is 3.32. The highest BCUT2D eigenvalue weighted by Crippen LogP contribution is 2.21. The van der Waals surface area contributed by atoms with Crippen LogP contribution in [-0.2, 0) is 6.54 Å². The van der Waals surface area contributed by atoms with Crippen molar-refractivity contribution in [3.05, 3.63) is 54.2 Å². The van der Waals surface area contributed by atoms with Crippen molar-refractivity contribution in [3.63, 3.8) is 0 Å². The zero-order chi connectivity index (χ0) is 16.6. The maximum absolute atomic E-state index is 4.83. The van der Waals surface area contributed by atoms with Crippen LogP contribution in [0.15, 0.2) is 48.7 Å². The number of aromatic nitrogens is 5. The smallest absolute Gasteiger partial charge is 0.180 e. The van der Waals surface area contributed by atoms with Crippen LogP contribution in [0, 0.1) is 0 Å². The van der Waals surface area contributed by atoms with Crippen molar-refractivity contribution < 1.29 is 0 Å². The predicted octanol–water partition coefficient (Wildman–Crippen LogP) is 3.02. The van der Waals surface area contributed by atoms with Gasteiger partial charge in [0.25, 0.3) is 0 Å². The summed E-state index contributed by atoms with van der Waals surface area (Å²) in [6.45, 7) is 2.81. The maximum Gasteiger partial charge on any atom is 0.180 e. The second-order valence-corrected chi connectivity index (χ2v) is 6.48. The third-order valence-corrected chi connectivity index (χ3v) is 4.77. The number of rotatable bonds is 3. The van der Waals surface area contributed by atoms with Crippen LogP contribution >= 0.6 is 0 Å². The van der Waals surface area contributed by atoms with Crippen LogP contribution in [0.4, 0.5) is 5.82 Å². The van der Waals surface area contributed by atoms with E-state index < -0.39 is 0 Å². The van der Waals surface area contributed by atoms with E-state index in [4.69, 9.17) is 4.98 Å². The highest BCUT2D eigenvalue weighted by atomic mass is 15.4. The van der Waals surface area contributed by atoms with Crippen molar-refractivity contribution in [2.45, 2.75) is 19.4 Å². The van der Waals surface area contributed by atoms with E-state index in [0.29, 0.717) is 6.54 Å². The molecule has 1 aromatic carbocycles. The highest BCUT2D eigenvalue weighted by Gasteiger charge is 2.15. The Morgan fingerprint density at radius 2 is 1.84 bits per heavy atom. The van der Waals surface area contributed by atoms with Gasteiger partial charge in [0.05, 0.1) is 12.1 Å². The molecule has 0 N–H and O–H groups in total. The first-order valence-electron chi connectivity index (χ1n) is 8.66. The number of nitrogens with zero attached hydrogens (tertiary/aromatic N) is 6. The third kappa shape index (κ3) is 2.59. The molecule has 0 amide bonds. The van der Waals surface area contributed by atoms with E-state index in [0.717, 1.165) is 41.0 Å². The van der Waals surface area contributed by atoms with Gasteiger partial charge in [-0.1, -0.05) is 17.3 Å². The molecule has 0 radical (unpaired) electrons. The lowest BCUT2D eigenvalue weighted by Crippen LogP contribution is -2.19. The van der Waals surface area contributed by atoms with E-state index in [2.05, 4.69) is 38.4 Å². The summed E-state index contributed by atoms with van der Waals surface area (Å²) in [5, 5.41) is 9.71. The van der Waals surface area contributed by atoms with Gasteiger partial charge in [-0.3, -0.25) is 4.98 Å². The zero-order valence-electron chi connectivity index (χ0n) is 13.8. The second-order valence-electron chi connectivity index (χ2n) is 6.48. The van der Waals surface area contributed by atoms with E-state index in [1.54, 1.807) is 0 Å². The summed E-state index contributed by atoms with van der Waals surface area (Å²) in [5.74, 6) is 1.02. The van der Waals surface area contributed by atoms with Crippen LogP contribution < -0.4 is 4.90 Å². The molecule has 1 fully saturated rings. The predicted molar refractivity (Wildman–Crippen MR) is 97.6 cm³/mol. The lowest BCUT2D eigenvalue weighted by molar-refractivity contribution is 0.664. The van der Waals surface area contributed by atoms with Gasteiger partial charge in [0.2, 0.25) is 0 Å². The van der Waals surface area contributed by atoms with Gasteiger partial charge in [-0.2, -0.15) is 0 Å². The molecular weight excluding hydrogens is 312 g/mol. The van der Waals surface area contributed by atoms with Gasteiger partial charge in [-0.15, -0.1) is 5.10 Å². The van der Waals surface area contributed by atoms with Crippen molar-refractivity contribution in [1.82, 2.24) is 25.0 Å². The topological polar surface area (TPSA) is 59.7 Å². The molecular formula is C19H18N6. The van der Waals surface area contributed by atoms with E-state index >= 15 is 0 Å². The summed E-state index contributed by atoms with van der Waals surface area (Å²) in [5.41, 5.74) is 3.85. The molecule has 1 aliphatic heterocycles. The molecule has 1 saturated heterocycles. The Bertz CT molecular complexity index is 1050. The number of anilines is 1. The summed E-state index contributed by atoms with van der Waals surface area (Å²) in [7, 11) is 0. The summed E-state index contributed by atoms with van der Waals surface area (Å²) in [4.78, 5) is 11.5. The first kappa shape index (κ1) is 14.3. The average molecular weight is 330 g/mol. The van der Waals surface area contributed by atoms with Gasteiger partial charge in [-0.05, 0) is 48.7 Å². The highest BCUT2D eigenvalue weighted by molar-refractivity contribution is 5.79. The minimum Gasteiger partial charge on any atom is -0.357 e. The summed E-state index contributed by atoms with van der Waals surface area (Å²) >= 11 is 0. The fourth-order valence-corrected chi connectivity index (χ4v) is 3.47. The van der Waals surface area contributed by atoms with Gasteiger partial charge >= 0.3 is 0 Å². The number of benzene rings is 1. The lowest BCUT2D eigenvalue weighted by atomic mass is 10.1. The van der Waals surface area contributed by atoms with Gasteiger partial charge in [0, 0.05) is 24.7 Å². The first-order valence-corrected chi connectivity index (χ1v) is 8.66. The molecule has 3 aromatic heterocycles. The minimum atomic E-state index is 0.651. The van der Waals surface area contributed by atoms with Crippen LogP contribution in [0.2, 0.25) is 0 Å². The van der Waals surface area contributed by atoms with E-state index in [9.17, 15) is 0 Å². The standard InChI is InChI=1S/C19H18N6/c1-2-11-24(10-1)18-8-7-17-19(21-18)25(23-22-17)13-14-5-6-16-15(12-14)4-3-9-20-16/h3-9,12H,1-2,10-11,13H2. The molecule has 124 valence electrons. The first-order chi connectivity index (χ1) is 12.4. The normalized spacial score (nSPS) is 14.6. The number of hydrogen-bond donors (Lipinski definition) is 0. The Hall–Kier alpha value is -3.02. The zero-order valence-corrected chi connectivity index (χ0v) is 13.8. The summed E-state index contributed by atoms with van der Waals surface area (Å²) in [6.07, 6.45) is 4.29. The van der Waals surface area contributed by atoms with E-state index in [1.807, 2.05) is 35.1 Å². The second kappa shape index (κ2) is 5.81. The number of pyridine rings is 2. The Balaban J connectivity index is 1.51. The molecule has 0 atom stereocenters. The fourth-order valence-electron chi connectivity index (χ4n) is 3.47. The van der Waals surface area contributed by atoms with Gasteiger partial charge in [0.15, 0.2) is 5.65 Å². The van der Waals surface area contributed by atoms with Crippen molar-refractivity contribution in [1.29, 1.82) is 0 Å². The van der Waals surface area contributed by atoms with Gasteiger partial charge in [0.1, 0.15) is 11.3 Å². The SMILES string of the molecule is c1cnc2ccc(Cn3nnc4ccc(N5CCCC5)nc43)cc2c1. The molecule has 0 spiro atoms. The molecule has 4 heterocycles. The minimum absolute atomic E-state index is 0.651. The lowest BCUT2D eigenvalue weighted by Gasteiger charge is -2.15. The number of fused-ring (bicyclic) bond motifs is 2. The maximum atomic E-state index is 4.83. The summed E-state index contributed by atoms with van der Waals surface area (Å²) < 4.78 is 1.88. The van der Waals surface area contributed by atoms with Gasteiger partial charge < -0.3 is 4.90 Å². The fraction of sp³-hybridized carbons (Fsp3) is 0.263. The van der Waals surface area contributed by atoms with Crippen molar-refractivity contribution >= 4 is 27.9 Å². The molecule has 5 rings (SSSR count). The van der Waals surface area contributed by atoms with Crippen LogP contribution in [-0.4, -0.2) is 38.1 Å². The molecule has 25 heavy (non-hydrogen) atoms. The Labute approximate surface area is 145 Å². The molecule has 0 bridgehead atoms. The van der Waals surface area contributed by atoms with Crippen molar-refractivity contribution in [2.75, 3.05) is 18.0 Å². The molecule has 6 nitrogen and oxygen atoms in total. The molecule has 6 heteroatoms. The Kier molecular flexibility index (Phi) is 3.33. The molecule has 4 aromatic rings. The van der Waals surface area contributed by atoms with Crippen LogP contribution in [0.3, 0.4) is 0 Å². The van der Waals surface area contributed by atoms with Gasteiger partial charge in [-0.25, -0.2) is 9.67 Å². The number of hydrogen-bond acceptors (Lipinski definition) is 5. The Morgan fingerprint density at radius 3 is 2.76 bits per heavy atom. The van der Waals surface area contributed by atoms with Crippen LogP contribution in [0.25, 0.3) is 22.1 Å². The largest absolute Gasteiger partial charge is 0.357 e. The van der Waals surface area contributed by atoms with Crippen molar-refractivity contribution in [3.8, 4) is 0 Å². The molecule has 0 unspecified atom stereocenters. The third-order valence-electron chi connectivity index (χ3n) is 4.77. The van der Waals surface area contributed by atoms with Crippen LogP contribution in [0.1, 0.15) is 18.4 Å². The quantitative estimate of drug-likeness (QED) is 0.578. The van der Waals surface area contributed by atoms with Crippen molar-refractivity contribution in [2.24, 2.45) is 0 Å². The summed E-state index contributed by atoms with van der Waals surface area (Å²) in [6, 6.07) is 14.4. The Morgan fingerprint density at radius 1 is 0.960 bits per heavy atom. The molecule has 1 aliphatic rings. The van der Waals surface area contributed by atoms with E-state index in [-0.39, 0.29) is 0 Å². The monoisotopic (exact) mass is 330 g/mol. The molecule has 0 saturated carbocycles. The van der Waals surface area contributed by atoms with E-state index in [1.165, 1.54) is 18.4 Å². The van der Waals surface area contributed by atoms with Crippen LogP contribution in [0.5, 0.6) is 0 Å². The molecule has 0 aliphatic carbocycles.